The van der Waals surface area contributed by atoms with Crippen molar-refractivity contribution in [1.29, 1.82) is 0 Å². The Bertz CT molecular complexity index is 1250. The van der Waals surface area contributed by atoms with E-state index in [4.69, 9.17) is 20.3 Å². The first-order valence-electron chi connectivity index (χ1n) is 9.09. The van der Waals surface area contributed by atoms with Crippen LogP contribution in [0, 0.1) is 5.92 Å². The Morgan fingerprint density at radius 2 is 1.85 bits per heavy atom. The van der Waals surface area contributed by atoms with Crippen molar-refractivity contribution in [1.82, 2.24) is 19.5 Å². The van der Waals surface area contributed by atoms with Gasteiger partial charge in [0.25, 0.3) is 0 Å². The summed E-state index contributed by atoms with van der Waals surface area (Å²) < 4.78 is 48.8. The lowest BCUT2D eigenvalue weighted by atomic mass is 9.92. The third kappa shape index (κ3) is 4.41. The number of aliphatic hydroxyl groups is 2. The number of fused-ring (bicyclic) bond motifs is 2. The molecule has 4 unspecified atom stereocenters. The predicted molar refractivity (Wildman–Crippen MR) is 106 cm³/mol. The van der Waals surface area contributed by atoms with E-state index >= 15 is 0 Å². The molecule has 0 aliphatic heterocycles. The molecule has 2 saturated carbocycles. The van der Waals surface area contributed by atoms with Crippen molar-refractivity contribution in [3.05, 3.63) is 12.7 Å². The fraction of sp³-hybridized carbons (Fsp3) is 0.615. The van der Waals surface area contributed by atoms with Gasteiger partial charge in [-0.2, -0.15) is 4.31 Å². The maximum atomic E-state index is 12.2. The van der Waals surface area contributed by atoms with Crippen LogP contribution in [0.15, 0.2) is 12.7 Å². The van der Waals surface area contributed by atoms with E-state index in [9.17, 15) is 33.7 Å². The molecule has 0 amide bonds. The van der Waals surface area contributed by atoms with Crippen LogP contribution in [-0.2, 0) is 27.1 Å². The molecule has 33 heavy (non-hydrogen) atoms. The van der Waals surface area contributed by atoms with Gasteiger partial charge in [-0.15, -0.1) is 0 Å². The van der Waals surface area contributed by atoms with Crippen molar-refractivity contribution in [2.45, 2.75) is 36.7 Å². The number of imidazole rings is 1. The lowest BCUT2D eigenvalue weighted by Gasteiger charge is -2.34. The summed E-state index contributed by atoms with van der Waals surface area (Å²) in [5, 5.41) is 21.8. The van der Waals surface area contributed by atoms with E-state index in [1.54, 1.807) is 0 Å². The second kappa shape index (κ2) is 7.59. The van der Waals surface area contributed by atoms with Crippen molar-refractivity contribution in [3.8, 4) is 0 Å². The molecule has 7 atom stereocenters. The summed E-state index contributed by atoms with van der Waals surface area (Å²) in [5.41, 5.74) is 2.96. The topological polar surface area (TPSA) is 270 Å². The molecule has 0 aromatic carbocycles. The van der Waals surface area contributed by atoms with Gasteiger partial charge in [0.05, 0.1) is 12.4 Å². The van der Waals surface area contributed by atoms with Gasteiger partial charge < -0.3 is 44.8 Å². The second-order valence-corrected chi connectivity index (χ2v) is 12.7. The van der Waals surface area contributed by atoms with E-state index < -0.39 is 58.9 Å². The first-order valence-corrected chi connectivity index (χ1v) is 13.9. The number of anilines is 1. The highest BCUT2D eigenvalue weighted by atomic mass is 31.3. The molecule has 2 aliphatic carbocycles. The molecule has 0 bridgehead atoms. The second-order valence-electron chi connectivity index (χ2n) is 7.96. The van der Waals surface area contributed by atoms with Crippen LogP contribution in [0.3, 0.4) is 0 Å². The van der Waals surface area contributed by atoms with E-state index in [2.05, 4.69) is 23.6 Å². The Balaban J connectivity index is 1.55. The van der Waals surface area contributed by atoms with Crippen LogP contribution in [0.1, 0.15) is 19.4 Å². The van der Waals surface area contributed by atoms with Gasteiger partial charge in [0, 0.05) is 5.92 Å². The van der Waals surface area contributed by atoms with Gasteiger partial charge in [0.15, 0.2) is 11.5 Å². The van der Waals surface area contributed by atoms with Gasteiger partial charge in [-0.3, -0.25) is 4.57 Å². The summed E-state index contributed by atoms with van der Waals surface area (Å²) in [7, 11) is -16.3. The summed E-state index contributed by atoms with van der Waals surface area (Å²) in [4.78, 5) is 48.4. The van der Waals surface area contributed by atoms with Crippen molar-refractivity contribution in [2.75, 3.05) is 12.1 Å². The quantitative estimate of drug-likeness (QED) is 0.206. The molecule has 184 valence electrons. The van der Waals surface area contributed by atoms with Crippen LogP contribution in [-0.4, -0.2) is 73.0 Å². The average molecular weight is 531 g/mol. The monoisotopic (exact) mass is 531 g/mol. The van der Waals surface area contributed by atoms with Gasteiger partial charge in [-0.05, 0) is 13.3 Å². The molecular weight excluding hydrogens is 511 g/mol. The molecule has 2 aromatic heterocycles. The predicted octanol–water partition coefficient (Wildman–Crippen LogP) is -0.780. The molecular formula is C13H20N5O12P3. The van der Waals surface area contributed by atoms with Crippen LogP contribution in [0.25, 0.3) is 11.2 Å². The first kappa shape index (κ1) is 24.8. The fourth-order valence-corrected chi connectivity index (χ4v) is 7.72. The van der Waals surface area contributed by atoms with Gasteiger partial charge in [-0.25, -0.2) is 28.4 Å². The zero-order valence-corrected chi connectivity index (χ0v) is 19.3. The van der Waals surface area contributed by atoms with Gasteiger partial charge in [0.2, 0.25) is 0 Å². The van der Waals surface area contributed by atoms with Crippen molar-refractivity contribution >= 4 is 40.2 Å². The third-order valence-corrected chi connectivity index (χ3v) is 9.60. The van der Waals surface area contributed by atoms with Crippen LogP contribution >= 0.6 is 23.2 Å². The van der Waals surface area contributed by atoms with E-state index in [0.29, 0.717) is 0 Å². The SMILES string of the molecule is C[C@]1(O)C(O)[C@]2(OCP(=O)(O)OP(=O)(O)OP(=O)(O)O)CC2[C@H]1n1cnc2c(N)ncnc21. The molecule has 20 heteroatoms. The Labute approximate surface area is 184 Å². The number of aromatic nitrogens is 4. The fourth-order valence-electron chi connectivity index (χ4n) is 4.37. The summed E-state index contributed by atoms with van der Waals surface area (Å²) in [6.45, 7) is 1.32. The summed E-state index contributed by atoms with van der Waals surface area (Å²) in [6.07, 6.45) is -0.177. The van der Waals surface area contributed by atoms with Crippen LogP contribution < -0.4 is 5.73 Å². The number of rotatable bonds is 8. The molecule has 17 nitrogen and oxygen atoms in total. The van der Waals surface area contributed by atoms with E-state index in [1.165, 1.54) is 24.1 Å². The molecule has 0 spiro atoms. The highest BCUT2D eigenvalue weighted by molar-refractivity contribution is 7.68. The minimum atomic E-state index is -5.64. The molecule has 8 N–H and O–H groups in total. The molecule has 0 saturated heterocycles. The number of hydrogen-bond donors (Lipinski definition) is 7. The molecule has 0 radical (unpaired) electrons. The number of phosphoric acid groups is 2. The largest absolute Gasteiger partial charge is 0.488 e. The number of nitrogens with two attached hydrogens (primary N) is 1. The number of hydrogen-bond acceptors (Lipinski definition) is 12. The van der Waals surface area contributed by atoms with E-state index in [-0.39, 0.29) is 23.4 Å². The maximum Gasteiger partial charge on any atom is 0.488 e. The zero-order chi connectivity index (χ0) is 24.6. The van der Waals surface area contributed by atoms with Crippen LogP contribution in [0.5, 0.6) is 0 Å². The minimum absolute atomic E-state index is 0.0968. The Morgan fingerprint density at radius 3 is 2.48 bits per heavy atom. The Morgan fingerprint density at radius 1 is 1.18 bits per heavy atom. The van der Waals surface area contributed by atoms with Gasteiger partial charge >= 0.3 is 23.2 Å². The van der Waals surface area contributed by atoms with E-state index in [1.807, 2.05) is 0 Å². The lowest BCUT2D eigenvalue weighted by molar-refractivity contribution is -0.127. The van der Waals surface area contributed by atoms with Crippen LogP contribution in [0.2, 0.25) is 0 Å². The standard InChI is InChI=1S/C13H20N5O12P3/c1-12(20)8(18-4-17-7-9(14)15-3-16-10(7)18)6-2-13(6,11(12)19)28-5-31(21,22)29-33(26,27)30-32(23,24)25/h3-4,6,8,11,19-20H,2,5H2,1H3,(H,21,22)(H,26,27)(H2,14,15,16)(H2,23,24,25)/t6?,8-,11?,12-,13+/m1/s1. The summed E-state index contributed by atoms with van der Waals surface area (Å²) in [6, 6.07) is -0.854. The van der Waals surface area contributed by atoms with Crippen molar-refractivity contribution in [3.63, 3.8) is 0 Å². The lowest BCUT2D eigenvalue weighted by Crippen LogP contribution is -2.48. The molecule has 2 aliphatic rings. The van der Waals surface area contributed by atoms with Gasteiger partial charge in [0.1, 0.15) is 35.5 Å². The number of ether oxygens (including phenoxy) is 1. The zero-order valence-electron chi connectivity index (χ0n) is 16.6. The Kier molecular flexibility index (Phi) is 5.70. The summed E-state index contributed by atoms with van der Waals surface area (Å²) in [5.74, 6) is -0.511. The third-order valence-electron chi connectivity index (χ3n) is 5.63. The minimum Gasteiger partial charge on any atom is -0.387 e. The van der Waals surface area contributed by atoms with E-state index in [0.717, 1.165) is 0 Å². The molecule has 2 fully saturated rings. The molecule has 2 aromatic rings. The van der Waals surface area contributed by atoms with Crippen molar-refractivity contribution in [2.24, 2.45) is 5.92 Å². The van der Waals surface area contributed by atoms with Gasteiger partial charge in [-0.1, -0.05) is 0 Å². The molecule has 4 rings (SSSR count). The van der Waals surface area contributed by atoms with Crippen molar-refractivity contribution < 1.29 is 56.8 Å². The summed E-state index contributed by atoms with van der Waals surface area (Å²) >= 11 is 0. The highest BCUT2D eigenvalue weighted by Gasteiger charge is 2.77. The highest BCUT2D eigenvalue weighted by Crippen LogP contribution is 2.70. The maximum absolute atomic E-state index is 12.2. The smallest absolute Gasteiger partial charge is 0.387 e. The normalized spacial score (nSPS) is 35.2. The number of aliphatic hydroxyl groups excluding tert-OH is 1. The average Bonchev–Trinajstić information content (AvgIpc) is 3.13. The Hall–Kier alpha value is -1.32. The number of nitrogen functional groups attached to an aromatic ring is 1. The first-order chi connectivity index (χ1) is 15.0. The van der Waals surface area contributed by atoms with Crippen LogP contribution in [0.4, 0.5) is 5.82 Å². The molecule has 2 heterocycles. The number of nitrogens with zero attached hydrogens (tertiary/aromatic N) is 4.